The van der Waals surface area contributed by atoms with Gasteiger partial charge in [0.05, 0.1) is 12.6 Å². The molecule has 0 bridgehead atoms. The van der Waals surface area contributed by atoms with Gasteiger partial charge >= 0.3 is 12.1 Å². The highest BCUT2D eigenvalue weighted by molar-refractivity contribution is 6.08. The smallest absolute Gasteiger partial charge is 0.410 e. The highest BCUT2D eigenvalue weighted by Gasteiger charge is 2.65. The van der Waals surface area contributed by atoms with Crippen molar-refractivity contribution in [1.82, 2.24) is 9.80 Å². The van der Waals surface area contributed by atoms with E-state index in [0.717, 1.165) is 24.0 Å². The van der Waals surface area contributed by atoms with Crippen molar-refractivity contribution >= 4 is 23.8 Å². The summed E-state index contributed by atoms with van der Waals surface area (Å²) in [6, 6.07) is 15.2. The Morgan fingerprint density at radius 2 is 1.59 bits per heavy atom. The molecule has 0 saturated carbocycles. The second-order valence-electron chi connectivity index (χ2n) is 9.95. The normalized spacial score (nSPS) is 24.9. The largest absolute Gasteiger partial charge is 0.459 e. The Labute approximate surface area is 226 Å². The molecule has 3 heterocycles. The quantitative estimate of drug-likeness (QED) is 0.273. The summed E-state index contributed by atoms with van der Waals surface area (Å²) in [5, 5.41) is 0. The van der Waals surface area contributed by atoms with Crippen LogP contribution >= 0.6 is 0 Å². The fraction of sp³-hybridized carbons (Fsp3) is 0.448. The lowest BCUT2D eigenvalue weighted by atomic mass is 9.90. The van der Waals surface area contributed by atoms with Crippen molar-refractivity contribution in [3.63, 3.8) is 0 Å². The van der Waals surface area contributed by atoms with Gasteiger partial charge in [0, 0.05) is 6.61 Å². The zero-order chi connectivity index (χ0) is 27.4. The molecular formula is C29H32N2O8. The van der Waals surface area contributed by atoms with E-state index < -0.39 is 54.3 Å². The molecular weight excluding hydrogens is 504 g/mol. The Balaban J connectivity index is 1.32. The number of hydrogen-bond donors (Lipinski definition) is 0. The van der Waals surface area contributed by atoms with Gasteiger partial charge in [-0.05, 0) is 37.3 Å². The number of benzene rings is 2. The first kappa shape index (κ1) is 26.8. The lowest BCUT2D eigenvalue weighted by Crippen LogP contribution is -2.74. The first-order valence-corrected chi connectivity index (χ1v) is 13.2. The van der Waals surface area contributed by atoms with E-state index in [1.54, 1.807) is 12.1 Å². The molecule has 3 aliphatic rings. The first-order chi connectivity index (χ1) is 18.9. The SMILES string of the molecule is CC(=O)C(C(=O)OCc1ccccc1)N1C(=O)[C@@H]2[C@H]1[C@@H](OC1CCCCO1)CN2C(=O)OCc1ccccc1. The number of rotatable bonds is 9. The van der Waals surface area contributed by atoms with Crippen LogP contribution in [-0.4, -0.2) is 77.2 Å². The Morgan fingerprint density at radius 1 is 0.949 bits per heavy atom. The maximum atomic E-state index is 13.4. The molecule has 5 atom stereocenters. The average Bonchev–Trinajstić information content (AvgIpc) is 3.29. The van der Waals surface area contributed by atoms with E-state index in [9.17, 15) is 19.2 Å². The molecule has 10 heteroatoms. The van der Waals surface area contributed by atoms with Crippen LogP contribution in [0.1, 0.15) is 37.3 Å². The molecule has 0 aromatic heterocycles. The molecule has 206 valence electrons. The highest BCUT2D eigenvalue weighted by atomic mass is 16.7. The number of likely N-dealkylation sites (tertiary alicyclic amines) is 2. The second-order valence-corrected chi connectivity index (χ2v) is 9.95. The Bertz CT molecular complexity index is 1180. The third kappa shape index (κ3) is 5.81. The van der Waals surface area contributed by atoms with Gasteiger partial charge in [0.15, 0.2) is 18.1 Å². The first-order valence-electron chi connectivity index (χ1n) is 13.2. The van der Waals surface area contributed by atoms with Crippen molar-refractivity contribution in [1.29, 1.82) is 0 Å². The van der Waals surface area contributed by atoms with Crippen molar-refractivity contribution in [2.24, 2.45) is 0 Å². The molecule has 39 heavy (non-hydrogen) atoms. The van der Waals surface area contributed by atoms with E-state index in [1.165, 1.54) is 16.7 Å². The number of β-lactam (4-membered cyclic amide) rings is 1. The molecule has 0 aliphatic carbocycles. The van der Waals surface area contributed by atoms with Crippen LogP contribution in [0.5, 0.6) is 0 Å². The van der Waals surface area contributed by atoms with Crippen molar-refractivity contribution in [3.05, 3.63) is 71.8 Å². The number of esters is 1. The summed E-state index contributed by atoms with van der Waals surface area (Å²) in [5.41, 5.74) is 1.56. The minimum Gasteiger partial charge on any atom is -0.459 e. The summed E-state index contributed by atoms with van der Waals surface area (Å²) in [4.78, 5) is 54.8. The summed E-state index contributed by atoms with van der Waals surface area (Å²) < 4.78 is 22.9. The molecule has 3 saturated heterocycles. The maximum Gasteiger partial charge on any atom is 0.410 e. The van der Waals surface area contributed by atoms with E-state index >= 15 is 0 Å². The van der Waals surface area contributed by atoms with Crippen LogP contribution in [0.15, 0.2) is 60.7 Å². The van der Waals surface area contributed by atoms with E-state index in [4.69, 9.17) is 18.9 Å². The number of Topliss-reactive ketones (excluding diaryl/α,β-unsaturated/α-hetero) is 1. The third-order valence-corrected chi connectivity index (χ3v) is 7.26. The number of ketones is 1. The summed E-state index contributed by atoms with van der Waals surface area (Å²) in [6.07, 6.45) is 0.711. The predicted octanol–water partition coefficient (Wildman–Crippen LogP) is 2.83. The number of fused-ring (bicyclic) bond motifs is 1. The molecule has 10 nitrogen and oxygen atoms in total. The minimum atomic E-state index is -1.44. The predicted molar refractivity (Wildman–Crippen MR) is 137 cm³/mol. The lowest BCUT2D eigenvalue weighted by molar-refractivity contribution is -0.206. The van der Waals surface area contributed by atoms with Crippen LogP contribution in [-0.2, 0) is 46.5 Å². The molecule has 0 spiro atoms. The monoisotopic (exact) mass is 536 g/mol. The number of nitrogens with zero attached hydrogens (tertiary/aromatic N) is 2. The van der Waals surface area contributed by atoms with Gasteiger partial charge in [0.2, 0.25) is 5.91 Å². The Kier molecular flexibility index (Phi) is 8.23. The number of hydrogen-bond acceptors (Lipinski definition) is 8. The van der Waals surface area contributed by atoms with Gasteiger partial charge in [0.25, 0.3) is 0 Å². The van der Waals surface area contributed by atoms with Crippen molar-refractivity contribution in [2.45, 2.75) is 69.9 Å². The standard InChI is InChI=1S/C29H32N2O8/c1-19(32)24(28(34)37-17-20-10-4-2-5-11-20)31-25-22(39-23-14-8-9-15-36-23)16-30(26(25)27(31)33)29(35)38-18-21-12-6-3-7-13-21/h2-7,10-13,22-26H,8-9,14-18H2,1H3/t22-,23?,24?,25+,26-/m0/s1. The molecule has 0 N–H and O–H groups in total. The van der Waals surface area contributed by atoms with Gasteiger partial charge in [-0.2, -0.15) is 0 Å². The highest BCUT2D eigenvalue weighted by Crippen LogP contribution is 2.39. The Morgan fingerprint density at radius 3 is 2.18 bits per heavy atom. The second kappa shape index (κ2) is 12.0. The van der Waals surface area contributed by atoms with Crippen LogP contribution in [0.2, 0.25) is 0 Å². The summed E-state index contributed by atoms with van der Waals surface area (Å²) in [5.74, 6) is -1.88. The number of carbonyl (C=O) groups is 4. The zero-order valence-corrected chi connectivity index (χ0v) is 21.8. The van der Waals surface area contributed by atoms with Crippen LogP contribution in [0.4, 0.5) is 4.79 Å². The van der Waals surface area contributed by atoms with E-state index in [1.807, 2.05) is 48.5 Å². The topological polar surface area (TPSA) is 112 Å². The van der Waals surface area contributed by atoms with Gasteiger partial charge in [-0.25, -0.2) is 9.59 Å². The van der Waals surface area contributed by atoms with E-state index in [2.05, 4.69) is 0 Å². The summed E-state index contributed by atoms with van der Waals surface area (Å²) in [6.45, 7) is 1.88. The van der Waals surface area contributed by atoms with E-state index in [0.29, 0.717) is 13.0 Å². The van der Waals surface area contributed by atoms with Crippen LogP contribution in [0.25, 0.3) is 0 Å². The number of ether oxygens (including phenoxy) is 4. The molecule has 2 unspecified atom stereocenters. The summed E-state index contributed by atoms with van der Waals surface area (Å²) >= 11 is 0. The van der Waals surface area contributed by atoms with Gasteiger partial charge in [-0.3, -0.25) is 14.5 Å². The van der Waals surface area contributed by atoms with Gasteiger partial charge in [0.1, 0.15) is 25.4 Å². The van der Waals surface area contributed by atoms with Crippen molar-refractivity contribution < 1.29 is 38.1 Å². The van der Waals surface area contributed by atoms with Gasteiger partial charge < -0.3 is 23.8 Å². The van der Waals surface area contributed by atoms with Crippen molar-refractivity contribution in [3.8, 4) is 0 Å². The number of carbonyl (C=O) groups excluding carboxylic acids is 4. The van der Waals surface area contributed by atoms with Crippen LogP contribution in [0, 0.1) is 0 Å². The molecule has 3 aliphatic heterocycles. The fourth-order valence-electron chi connectivity index (χ4n) is 5.34. The maximum absolute atomic E-state index is 13.4. The molecule has 0 radical (unpaired) electrons. The molecule has 2 aromatic rings. The summed E-state index contributed by atoms with van der Waals surface area (Å²) in [7, 11) is 0. The zero-order valence-electron chi connectivity index (χ0n) is 21.8. The van der Waals surface area contributed by atoms with Crippen LogP contribution < -0.4 is 0 Å². The minimum absolute atomic E-state index is 0.0344. The molecule has 3 fully saturated rings. The molecule has 2 amide bonds. The fourth-order valence-corrected chi connectivity index (χ4v) is 5.34. The molecule has 5 rings (SSSR count). The lowest BCUT2D eigenvalue weighted by Gasteiger charge is -2.48. The third-order valence-electron chi connectivity index (χ3n) is 7.26. The van der Waals surface area contributed by atoms with E-state index in [-0.39, 0.29) is 19.8 Å². The van der Waals surface area contributed by atoms with Gasteiger partial charge in [-0.15, -0.1) is 0 Å². The molecule has 2 aromatic carbocycles. The van der Waals surface area contributed by atoms with Gasteiger partial charge in [-0.1, -0.05) is 60.7 Å². The van der Waals surface area contributed by atoms with Crippen LogP contribution in [0.3, 0.4) is 0 Å². The Hall–Kier alpha value is -3.76. The number of amides is 2. The van der Waals surface area contributed by atoms with Crippen molar-refractivity contribution in [2.75, 3.05) is 13.2 Å². The average molecular weight is 537 g/mol.